The Kier molecular flexibility index (Phi) is 8.46. The number of rotatable bonds is 9. The normalized spacial score (nSPS) is 10.7. The zero-order valence-electron chi connectivity index (χ0n) is 22.8. The number of nitrogens with one attached hydrogen (secondary N) is 1. The Hall–Kier alpha value is -4.88. The molecular formula is C33H29ClN4O3. The third-order valence-corrected chi connectivity index (χ3v) is 6.82. The number of nitrogens with zero attached hydrogens (tertiary/aromatic N) is 3. The number of imidazole rings is 1. The Morgan fingerprint density at radius 2 is 1.66 bits per heavy atom. The van der Waals surface area contributed by atoms with Gasteiger partial charge >= 0.3 is 0 Å². The lowest BCUT2D eigenvalue weighted by atomic mass is 10.1. The van der Waals surface area contributed by atoms with Crippen LogP contribution in [0.4, 0.5) is 5.95 Å². The zero-order chi connectivity index (χ0) is 28.8. The van der Waals surface area contributed by atoms with Crippen LogP contribution in [-0.2, 0) is 11.3 Å². The summed E-state index contributed by atoms with van der Waals surface area (Å²) in [5.74, 6) is 0.371. The number of anilines is 1. The molecule has 206 valence electrons. The van der Waals surface area contributed by atoms with Crippen molar-refractivity contribution in [3.63, 3.8) is 0 Å². The summed E-state index contributed by atoms with van der Waals surface area (Å²) in [6.07, 6.45) is 1.84. The molecule has 41 heavy (non-hydrogen) atoms. The molecule has 0 unspecified atom stereocenters. The summed E-state index contributed by atoms with van der Waals surface area (Å²) in [6, 6.07) is 31.7. The monoisotopic (exact) mass is 564 g/mol. The van der Waals surface area contributed by atoms with Crippen LogP contribution in [-0.4, -0.2) is 39.9 Å². The molecule has 5 aromatic rings. The molecule has 0 aliphatic carbocycles. The van der Waals surface area contributed by atoms with Crippen molar-refractivity contribution in [2.45, 2.75) is 13.5 Å². The number of benzene rings is 4. The number of carbonyl (C=O) groups excluding carboxylic acids is 2. The van der Waals surface area contributed by atoms with Crippen molar-refractivity contribution < 1.29 is 14.3 Å². The Labute approximate surface area is 244 Å². The standard InChI is InChI=1S/C33H29ClN4O3/c1-23-11-13-26(14-12-23)32(40)37(20-24-7-4-3-5-8-24)22-31(39)36-33-35-30(25-15-17-27(34)18-16-25)21-38(33)28-9-6-10-29(19-28)41-2/h3-19,21H,20,22H2,1-2H3,(H,35,36,39). The van der Waals surface area contributed by atoms with Crippen molar-refractivity contribution >= 4 is 29.4 Å². The molecule has 5 rings (SSSR count). The van der Waals surface area contributed by atoms with Crippen LogP contribution in [0.25, 0.3) is 16.9 Å². The van der Waals surface area contributed by atoms with Crippen molar-refractivity contribution in [1.29, 1.82) is 0 Å². The molecule has 0 radical (unpaired) electrons. The number of hydrogen-bond donors (Lipinski definition) is 1. The second-order valence-corrected chi connectivity index (χ2v) is 10.0. The molecule has 1 heterocycles. The maximum absolute atomic E-state index is 13.5. The lowest BCUT2D eigenvalue weighted by Crippen LogP contribution is -2.38. The van der Waals surface area contributed by atoms with Crippen LogP contribution >= 0.6 is 11.6 Å². The first-order valence-electron chi connectivity index (χ1n) is 13.1. The van der Waals surface area contributed by atoms with E-state index < -0.39 is 0 Å². The quantitative estimate of drug-likeness (QED) is 0.214. The molecule has 0 saturated carbocycles. The van der Waals surface area contributed by atoms with E-state index >= 15 is 0 Å². The van der Waals surface area contributed by atoms with E-state index in [1.54, 1.807) is 35.9 Å². The molecule has 0 aliphatic rings. The number of aryl methyl sites for hydroxylation is 1. The number of aromatic nitrogens is 2. The summed E-state index contributed by atoms with van der Waals surface area (Å²) >= 11 is 6.09. The van der Waals surface area contributed by atoms with Gasteiger partial charge in [-0.2, -0.15) is 0 Å². The smallest absolute Gasteiger partial charge is 0.254 e. The van der Waals surface area contributed by atoms with Crippen LogP contribution in [0.5, 0.6) is 5.75 Å². The minimum Gasteiger partial charge on any atom is -0.497 e. The third kappa shape index (κ3) is 6.83. The molecule has 0 saturated heterocycles. The van der Waals surface area contributed by atoms with Gasteiger partial charge in [0.05, 0.1) is 18.5 Å². The van der Waals surface area contributed by atoms with Gasteiger partial charge in [-0.25, -0.2) is 4.98 Å². The first-order chi connectivity index (χ1) is 19.9. The van der Waals surface area contributed by atoms with Crippen LogP contribution < -0.4 is 10.1 Å². The summed E-state index contributed by atoms with van der Waals surface area (Å²) in [7, 11) is 1.60. The van der Waals surface area contributed by atoms with E-state index in [4.69, 9.17) is 21.3 Å². The zero-order valence-corrected chi connectivity index (χ0v) is 23.5. The Balaban J connectivity index is 1.45. The number of methoxy groups -OCH3 is 1. The molecule has 0 aliphatic heterocycles. The molecule has 0 spiro atoms. The predicted octanol–water partition coefficient (Wildman–Crippen LogP) is 6.79. The first-order valence-corrected chi connectivity index (χ1v) is 13.5. The van der Waals surface area contributed by atoms with Crippen LogP contribution in [0, 0.1) is 6.92 Å². The van der Waals surface area contributed by atoms with Crippen molar-refractivity contribution in [1.82, 2.24) is 14.5 Å². The maximum Gasteiger partial charge on any atom is 0.254 e. The van der Waals surface area contributed by atoms with Gasteiger partial charge in [-0.05, 0) is 48.9 Å². The fourth-order valence-electron chi connectivity index (χ4n) is 4.40. The highest BCUT2D eigenvalue weighted by Crippen LogP contribution is 2.27. The second-order valence-electron chi connectivity index (χ2n) is 9.59. The van der Waals surface area contributed by atoms with Crippen LogP contribution in [0.15, 0.2) is 109 Å². The number of ether oxygens (including phenoxy) is 1. The second kappa shape index (κ2) is 12.5. The fraction of sp³-hybridized carbons (Fsp3) is 0.121. The van der Waals surface area contributed by atoms with Crippen molar-refractivity contribution in [2.24, 2.45) is 0 Å². The molecule has 8 heteroatoms. The Morgan fingerprint density at radius 1 is 0.927 bits per heavy atom. The molecule has 0 atom stereocenters. The lowest BCUT2D eigenvalue weighted by molar-refractivity contribution is -0.117. The van der Waals surface area contributed by atoms with Gasteiger partial charge in [0, 0.05) is 35.0 Å². The van der Waals surface area contributed by atoms with Crippen LogP contribution in [0.2, 0.25) is 5.02 Å². The van der Waals surface area contributed by atoms with E-state index in [0.29, 0.717) is 28.0 Å². The van der Waals surface area contributed by atoms with E-state index in [0.717, 1.165) is 22.4 Å². The first kappa shape index (κ1) is 27.7. The molecule has 2 amide bonds. The lowest BCUT2D eigenvalue weighted by Gasteiger charge is -2.22. The number of carbonyl (C=O) groups is 2. The van der Waals surface area contributed by atoms with Crippen molar-refractivity contribution in [2.75, 3.05) is 19.0 Å². The largest absolute Gasteiger partial charge is 0.497 e. The molecule has 1 N–H and O–H groups in total. The SMILES string of the molecule is COc1cccc(-n2cc(-c3ccc(Cl)cc3)nc2NC(=O)CN(Cc2ccccc2)C(=O)c2ccc(C)cc2)c1. The van der Waals surface area contributed by atoms with Gasteiger partial charge in [0.15, 0.2) is 0 Å². The average molecular weight is 565 g/mol. The molecule has 0 fully saturated rings. The summed E-state index contributed by atoms with van der Waals surface area (Å²) in [5, 5.41) is 3.55. The van der Waals surface area contributed by atoms with Gasteiger partial charge in [-0.15, -0.1) is 0 Å². The van der Waals surface area contributed by atoms with Gasteiger partial charge < -0.3 is 9.64 Å². The van der Waals surface area contributed by atoms with E-state index in [1.807, 2.05) is 92.0 Å². The fourth-order valence-corrected chi connectivity index (χ4v) is 4.53. The molecule has 4 aromatic carbocycles. The molecule has 0 bridgehead atoms. The highest BCUT2D eigenvalue weighted by Gasteiger charge is 2.21. The minimum atomic E-state index is -0.376. The Bertz CT molecular complexity index is 1650. The van der Waals surface area contributed by atoms with Gasteiger partial charge in [0.2, 0.25) is 11.9 Å². The van der Waals surface area contributed by atoms with Gasteiger partial charge in [0.1, 0.15) is 12.3 Å². The minimum absolute atomic E-state index is 0.164. The van der Waals surface area contributed by atoms with Gasteiger partial charge in [-0.1, -0.05) is 77.8 Å². The summed E-state index contributed by atoms with van der Waals surface area (Å²) in [4.78, 5) is 33.3. The average Bonchev–Trinajstić information content (AvgIpc) is 3.41. The highest BCUT2D eigenvalue weighted by molar-refractivity contribution is 6.30. The topological polar surface area (TPSA) is 76.5 Å². The molecule has 7 nitrogen and oxygen atoms in total. The van der Waals surface area contributed by atoms with Gasteiger partial charge in [-0.3, -0.25) is 19.5 Å². The van der Waals surface area contributed by atoms with Crippen molar-refractivity contribution in [3.8, 4) is 22.7 Å². The number of halogens is 1. The van der Waals surface area contributed by atoms with E-state index in [9.17, 15) is 9.59 Å². The highest BCUT2D eigenvalue weighted by atomic mass is 35.5. The summed E-state index contributed by atoms with van der Waals surface area (Å²) < 4.78 is 7.19. The van der Waals surface area contributed by atoms with Crippen molar-refractivity contribution in [3.05, 3.63) is 131 Å². The summed E-state index contributed by atoms with van der Waals surface area (Å²) in [5.41, 5.74) is 4.73. The van der Waals surface area contributed by atoms with E-state index in [1.165, 1.54) is 4.90 Å². The summed E-state index contributed by atoms with van der Waals surface area (Å²) in [6.45, 7) is 2.08. The Morgan fingerprint density at radius 3 is 2.37 bits per heavy atom. The molecular weight excluding hydrogens is 536 g/mol. The third-order valence-electron chi connectivity index (χ3n) is 6.57. The number of hydrogen-bond acceptors (Lipinski definition) is 4. The predicted molar refractivity (Wildman–Crippen MR) is 162 cm³/mol. The maximum atomic E-state index is 13.5. The van der Waals surface area contributed by atoms with E-state index in [-0.39, 0.29) is 24.9 Å². The van der Waals surface area contributed by atoms with E-state index in [2.05, 4.69) is 5.32 Å². The van der Waals surface area contributed by atoms with Crippen LogP contribution in [0.3, 0.4) is 0 Å². The number of amides is 2. The molecule has 1 aromatic heterocycles. The van der Waals surface area contributed by atoms with Gasteiger partial charge in [0.25, 0.3) is 5.91 Å². The van der Waals surface area contributed by atoms with Crippen LogP contribution in [0.1, 0.15) is 21.5 Å².